The number of aromatic nitrogens is 1. The maximum atomic E-state index is 5.37. The van der Waals surface area contributed by atoms with E-state index in [-0.39, 0.29) is 0 Å². The summed E-state index contributed by atoms with van der Waals surface area (Å²) in [5.74, 6) is 0.828. The van der Waals surface area contributed by atoms with E-state index in [1.165, 1.54) is 0 Å². The molecule has 0 unspecified atom stereocenters. The molecule has 0 spiro atoms. The van der Waals surface area contributed by atoms with Gasteiger partial charge >= 0.3 is 0 Å². The predicted molar refractivity (Wildman–Crippen MR) is 56.4 cm³/mol. The van der Waals surface area contributed by atoms with Crippen LogP contribution in [-0.4, -0.2) is 5.16 Å². The normalized spacial score (nSPS) is 10.7. The smallest absolute Gasteiger partial charge is 0.126 e. The van der Waals surface area contributed by atoms with Crippen molar-refractivity contribution >= 4 is 0 Å². The van der Waals surface area contributed by atoms with E-state index in [2.05, 4.69) is 5.16 Å². The first-order valence-electron chi connectivity index (χ1n) is 4.71. The molecule has 0 aliphatic heterocycles. The van der Waals surface area contributed by atoms with E-state index in [4.69, 9.17) is 9.26 Å². The molecule has 1 aromatic carbocycles. The fourth-order valence-electron chi connectivity index (χ4n) is 1.14. The molecule has 15 heavy (non-hydrogen) atoms. The van der Waals surface area contributed by atoms with Crippen molar-refractivity contribution in [3.8, 4) is 5.75 Å². The summed E-state index contributed by atoms with van der Waals surface area (Å²) in [7, 11) is 0. The maximum Gasteiger partial charge on any atom is 0.126 e. The zero-order valence-electron chi connectivity index (χ0n) is 8.17. The van der Waals surface area contributed by atoms with Gasteiger partial charge in [0.1, 0.15) is 12.0 Å². The second-order valence-corrected chi connectivity index (χ2v) is 3.00. The lowest BCUT2D eigenvalue weighted by Crippen LogP contribution is -1.83. The van der Waals surface area contributed by atoms with Gasteiger partial charge in [0.15, 0.2) is 0 Å². The molecular formula is C12H11NO2. The SMILES string of the molecule is C(=COc1ccccc1)Cc1ccon1. The second kappa shape index (κ2) is 5.00. The highest BCUT2D eigenvalue weighted by Gasteiger charge is 1.91. The summed E-state index contributed by atoms with van der Waals surface area (Å²) in [4.78, 5) is 0. The Morgan fingerprint density at radius 1 is 1.20 bits per heavy atom. The van der Waals surface area contributed by atoms with Crippen LogP contribution in [0.5, 0.6) is 5.75 Å². The van der Waals surface area contributed by atoms with Crippen LogP contribution in [0.1, 0.15) is 5.69 Å². The first-order valence-corrected chi connectivity index (χ1v) is 4.71. The Hall–Kier alpha value is -2.03. The Morgan fingerprint density at radius 3 is 2.80 bits per heavy atom. The van der Waals surface area contributed by atoms with E-state index in [0.717, 1.165) is 11.4 Å². The van der Waals surface area contributed by atoms with Crippen molar-refractivity contribution in [2.75, 3.05) is 0 Å². The van der Waals surface area contributed by atoms with E-state index >= 15 is 0 Å². The van der Waals surface area contributed by atoms with E-state index < -0.39 is 0 Å². The minimum atomic E-state index is 0.712. The van der Waals surface area contributed by atoms with Gasteiger partial charge in [-0.25, -0.2) is 0 Å². The highest BCUT2D eigenvalue weighted by Crippen LogP contribution is 2.08. The first kappa shape index (κ1) is 9.52. The van der Waals surface area contributed by atoms with E-state index in [9.17, 15) is 0 Å². The Kier molecular flexibility index (Phi) is 3.18. The number of nitrogens with zero attached hydrogens (tertiary/aromatic N) is 1. The molecule has 76 valence electrons. The average molecular weight is 201 g/mol. The lowest BCUT2D eigenvalue weighted by molar-refractivity contribution is 0.413. The van der Waals surface area contributed by atoms with Crippen LogP contribution in [0.4, 0.5) is 0 Å². The molecule has 1 aromatic heterocycles. The fourth-order valence-corrected chi connectivity index (χ4v) is 1.14. The molecule has 0 bridgehead atoms. The molecule has 0 saturated heterocycles. The summed E-state index contributed by atoms with van der Waals surface area (Å²) in [5.41, 5.74) is 0.892. The summed E-state index contributed by atoms with van der Waals surface area (Å²) in [6.07, 6.45) is 5.82. The zero-order valence-corrected chi connectivity index (χ0v) is 8.17. The van der Waals surface area contributed by atoms with Crippen LogP contribution in [0.25, 0.3) is 0 Å². The minimum Gasteiger partial charge on any atom is -0.465 e. The van der Waals surface area contributed by atoms with Crippen LogP contribution in [-0.2, 0) is 6.42 Å². The lowest BCUT2D eigenvalue weighted by Gasteiger charge is -1.97. The summed E-state index contributed by atoms with van der Waals surface area (Å²) in [5, 5.41) is 3.78. The zero-order chi connectivity index (χ0) is 10.3. The average Bonchev–Trinajstić information content (AvgIpc) is 2.79. The Bertz CT molecular complexity index is 406. The standard InChI is InChI=1S/C12H11NO2/c1-2-6-12(7-3-1)14-9-4-5-11-8-10-15-13-11/h1-4,6-10H,5H2. The number of hydrogen-bond donors (Lipinski definition) is 0. The lowest BCUT2D eigenvalue weighted by atomic mass is 10.3. The highest BCUT2D eigenvalue weighted by atomic mass is 16.5. The maximum absolute atomic E-state index is 5.37. The summed E-state index contributed by atoms with van der Waals surface area (Å²) in [6.45, 7) is 0. The molecule has 0 saturated carbocycles. The number of benzene rings is 1. The van der Waals surface area contributed by atoms with Crippen molar-refractivity contribution in [1.29, 1.82) is 0 Å². The third-order valence-electron chi connectivity index (χ3n) is 1.86. The van der Waals surface area contributed by atoms with Gasteiger partial charge in [-0.1, -0.05) is 23.4 Å². The van der Waals surface area contributed by atoms with Crippen molar-refractivity contribution in [3.05, 3.63) is 60.7 Å². The minimum absolute atomic E-state index is 0.712. The third-order valence-corrected chi connectivity index (χ3v) is 1.86. The molecule has 3 heteroatoms. The number of para-hydroxylation sites is 1. The van der Waals surface area contributed by atoms with Gasteiger partial charge in [-0.2, -0.15) is 0 Å². The van der Waals surface area contributed by atoms with Gasteiger partial charge in [0.2, 0.25) is 0 Å². The van der Waals surface area contributed by atoms with Crippen LogP contribution < -0.4 is 4.74 Å². The van der Waals surface area contributed by atoms with Crippen LogP contribution in [0.2, 0.25) is 0 Å². The van der Waals surface area contributed by atoms with Crippen molar-refractivity contribution in [1.82, 2.24) is 5.16 Å². The van der Waals surface area contributed by atoms with Gasteiger partial charge in [-0.15, -0.1) is 0 Å². The first-order chi connectivity index (χ1) is 7.45. The quantitative estimate of drug-likeness (QED) is 0.713. The van der Waals surface area contributed by atoms with E-state index in [1.807, 2.05) is 42.5 Å². The van der Waals surface area contributed by atoms with Gasteiger partial charge in [0.25, 0.3) is 0 Å². The number of ether oxygens (including phenoxy) is 1. The van der Waals surface area contributed by atoms with E-state index in [1.54, 1.807) is 12.5 Å². The summed E-state index contributed by atoms with van der Waals surface area (Å²) < 4.78 is 10.1. The van der Waals surface area contributed by atoms with Gasteiger partial charge in [-0.05, 0) is 18.2 Å². The Labute approximate surface area is 88.0 Å². The summed E-state index contributed by atoms with van der Waals surface area (Å²) in [6, 6.07) is 11.4. The molecule has 1 heterocycles. The third kappa shape index (κ3) is 2.98. The molecule has 2 aromatic rings. The molecule has 0 atom stereocenters. The molecule has 0 N–H and O–H groups in total. The molecular weight excluding hydrogens is 190 g/mol. The van der Waals surface area contributed by atoms with Crippen molar-refractivity contribution in [3.63, 3.8) is 0 Å². The Morgan fingerprint density at radius 2 is 2.07 bits per heavy atom. The van der Waals surface area contributed by atoms with Crippen molar-refractivity contribution in [2.24, 2.45) is 0 Å². The number of hydrogen-bond acceptors (Lipinski definition) is 3. The molecule has 3 nitrogen and oxygen atoms in total. The van der Waals surface area contributed by atoms with Gasteiger partial charge in [-0.3, -0.25) is 0 Å². The van der Waals surface area contributed by atoms with Gasteiger partial charge < -0.3 is 9.26 Å². The molecule has 2 rings (SSSR count). The van der Waals surface area contributed by atoms with Gasteiger partial charge in [0.05, 0.1) is 12.0 Å². The molecule has 0 aliphatic carbocycles. The Balaban J connectivity index is 1.81. The number of rotatable bonds is 4. The van der Waals surface area contributed by atoms with Crippen molar-refractivity contribution in [2.45, 2.75) is 6.42 Å². The monoisotopic (exact) mass is 201 g/mol. The fraction of sp³-hybridized carbons (Fsp3) is 0.0833. The molecule has 0 aliphatic rings. The van der Waals surface area contributed by atoms with Crippen molar-refractivity contribution < 1.29 is 9.26 Å². The molecule has 0 amide bonds. The van der Waals surface area contributed by atoms with Crippen LogP contribution in [0.15, 0.2) is 59.5 Å². The van der Waals surface area contributed by atoms with Crippen LogP contribution in [0.3, 0.4) is 0 Å². The summed E-state index contributed by atoms with van der Waals surface area (Å²) >= 11 is 0. The van der Waals surface area contributed by atoms with E-state index in [0.29, 0.717) is 6.42 Å². The van der Waals surface area contributed by atoms with Gasteiger partial charge in [0, 0.05) is 12.5 Å². The predicted octanol–water partition coefficient (Wildman–Crippen LogP) is 2.81. The second-order valence-electron chi connectivity index (χ2n) is 3.00. The largest absolute Gasteiger partial charge is 0.465 e. The van der Waals surface area contributed by atoms with Crippen LogP contribution >= 0.6 is 0 Å². The molecule has 0 fully saturated rings. The van der Waals surface area contributed by atoms with Crippen LogP contribution in [0, 0.1) is 0 Å². The topological polar surface area (TPSA) is 35.3 Å². The number of allylic oxidation sites excluding steroid dienone is 1. The highest BCUT2D eigenvalue weighted by molar-refractivity contribution is 5.21. The molecule has 0 radical (unpaired) electrons.